The molecule has 0 aliphatic rings. The van der Waals surface area contributed by atoms with E-state index in [1.54, 1.807) is 27.7 Å². The first-order chi connectivity index (χ1) is 10.5. The Bertz CT molecular complexity index is 598. The molecule has 1 atom stereocenters. The minimum atomic E-state index is -1.38. The van der Waals surface area contributed by atoms with E-state index in [1.165, 1.54) is 0 Å². The van der Waals surface area contributed by atoms with Crippen LogP contribution in [0.2, 0.25) is 0 Å². The minimum Gasteiger partial charge on any atom is -0.487 e. The zero-order valence-corrected chi connectivity index (χ0v) is 13.4. The van der Waals surface area contributed by atoms with Crippen LogP contribution in [0.4, 0.5) is 14.5 Å². The molecule has 0 amide bonds. The van der Waals surface area contributed by atoms with Gasteiger partial charge in [0, 0.05) is 12.0 Å². The normalized spacial score (nSPS) is 12.6. The van der Waals surface area contributed by atoms with Crippen molar-refractivity contribution in [1.82, 2.24) is 0 Å². The molecule has 1 aromatic rings. The molecule has 0 spiro atoms. The second-order valence-electron chi connectivity index (χ2n) is 6.17. The van der Waals surface area contributed by atoms with Crippen LogP contribution in [0.3, 0.4) is 0 Å². The van der Waals surface area contributed by atoms with E-state index >= 15 is 0 Å². The van der Waals surface area contributed by atoms with Crippen LogP contribution in [-0.4, -0.2) is 23.1 Å². The summed E-state index contributed by atoms with van der Waals surface area (Å²) in [5.41, 5.74) is -1.50. The fourth-order valence-electron chi connectivity index (χ4n) is 1.75. The molecule has 0 bridgehead atoms. The molecular weight excluding hydrogens is 312 g/mol. The van der Waals surface area contributed by atoms with E-state index in [0.717, 1.165) is 12.1 Å². The summed E-state index contributed by atoms with van der Waals surface area (Å²) in [5.74, 6) is -4.09. The first-order valence-electron chi connectivity index (χ1n) is 6.98. The van der Waals surface area contributed by atoms with Crippen molar-refractivity contribution in [1.29, 1.82) is 0 Å². The Kier molecular flexibility index (Phi) is 6.00. The highest BCUT2D eigenvalue weighted by molar-refractivity contribution is 5.70. The molecule has 0 aliphatic carbocycles. The molecule has 23 heavy (non-hydrogen) atoms. The molecule has 128 valence electrons. The summed E-state index contributed by atoms with van der Waals surface area (Å²) in [6.07, 6.45) is -0.00453. The third kappa shape index (κ3) is 5.80. The number of nitro benzene ring substituents is 1. The third-order valence-electron chi connectivity index (χ3n) is 2.67. The predicted molar refractivity (Wildman–Crippen MR) is 78.1 cm³/mol. The van der Waals surface area contributed by atoms with E-state index in [2.05, 4.69) is 0 Å². The second-order valence-corrected chi connectivity index (χ2v) is 6.17. The van der Waals surface area contributed by atoms with E-state index in [0.29, 0.717) is 0 Å². The van der Waals surface area contributed by atoms with Crippen molar-refractivity contribution >= 4 is 11.7 Å². The highest BCUT2D eigenvalue weighted by Crippen LogP contribution is 2.29. The zero-order chi connectivity index (χ0) is 17.8. The van der Waals surface area contributed by atoms with Gasteiger partial charge in [-0.25, -0.2) is 4.39 Å². The van der Waals surface area contributed by atoms with Gasteiger partial charge in [0.05, 0.1) is 18.0 Å². The number of nitro groups is 1. The molecule has 6 nitrogen and oxygen atoms in total. The minimum absolute atomic E-state index is 0.00453. The average molecular weight is 331 g/mol. The molecule has 0 saturated heterocycles. The molecule has 1 rings (SSSR count). The number of hydrogen-bond acceptors (Lipinski definition) is 5. The predicted octanol–water partition coefficient (Wildman–Crippen LogP) is 3.62. The van der Waals surface area contributed by atoms with Gasteiger partial charge in [-0.3, -0.25) is 14.9 Å². The molecule has 0 fully saturated rings. The van der Waals surface area contributed by atoms with Crippen LogP contribution in [0, 0.1) is 27.7 Å². The Morgan fingerprint density at radius 2 is 1.96 bits per heavy atom. The summed E-state index contributed by atoms with van der Waals surface area (Å²) in [7, 11) is 0. The maximum absolute atomic E-state index is 13.8. The zero-order valence-electron chi connectivity index (χ0n) is 13.4. The molecule has 8 heteroatoms. The molecule has 0 N–H and O–H groups in total. The summed E-state index contributed by atoms with van der Waals surface area (Å²) < 4.78 is 37.5. The van der Waals surface area contributed by atoms with E-state index in [4.69, 9.17) is 9.47 Å². The largest absolute Gasteiger partial charge is 0.487 e. The Morgan fingerprint density at radius 3 is 2.48 bits per heavy atom. The molecule has 0 unspecified atom stereocenters. The summed E-state index contributed by atoms with van der Waals surface area (Å²) >= 11 is 0. The second kappa shape index (κ2) is 7.34. The first-order valence-corrected chi connectivity index (χ1v) is 6.98. The summed E-state index contributed by atoms with van der Waals surface area (Å²) in [4.78, 5) is 21.3. The number of benzene rings is 1. The van der Waals surface area contributed by atoms with E-state index in [9.17, 15) is 23.7 Å². The SMILES string of the molecule is C[C@H](COc1c(F)ccc([N+](=O)[O-])c1F)CC(=O)OC(C)(C)C. The third-order valence-corrected chi connectivity index (χ3v) is 2.67. The highest BCUT2D eigenvalue weighted by atomic mass is 19.1. The average Bonchev–Trinajstić information content (AvgIpc) is 2.35. The summed E-state index contributed by atoms with van der Waals surface area (Å²) in [6.45, 7) is 6.62. The maximum Gasteiger partial charge on any atom is 0.308 e. The van der Waals surface area contributed by atoms with Gasteiger partial charge in [0.1, 0.15) is 5.60 Å². The lowest BCUT2D eigenvalue weighted by molar-refractivity contribution is -0.387. The quantitative estimate of drug-likeness (QED) is 0.452. The van der Waals surface area contributed by atoms with Crippen LogP contribution in [0.15, 0.2) is 12.1 Å². The molecule has 0 radical (unpaired) electrons. The Labute approximate surface area is 132 Å². The molecule has 0 aliphatic heterocycles. The molecule has 0 saturated carbocycles. The van der Waals surface area contributed by atoms with Crippen molar-refractivity contribution < 1.29 is 28.0 Å². The fraction of sp³-hybridized carbons (Fsp3) is 0.533. The van der Waals surface area contributed by atoms with Crippen LogP contribution in [0.1, 0.15) is 34.1 Å². The van der Waals surface area contributed by atoms with Crippen LogP contribution >= 0.6 is 0 Å². The van der Waals surface area contributed by atoms with Crippen molar-refractivity contribution in [2.24, 2.45) is 5.92 Å². The van der Waals surface area contributed by atoms with Crippen LogP contribution < -0.4 is 4.74 Å². The fourth-order valence-corrected chi connectivity index (χ4v) is 1.75. The lowest BCUT2D eigenvalue weighted by atomic mass is 10.1. The van der Waals surface area contributed by atoms with Gasteiger partial charge in [-0.05, 0) is 26.8 Å². The van der Waals surface area contributed by atoms with Gasteiger partial charge >= 0.3 is 11.7 Å². The van der Waals surface area contributed by atoms with E-state index in [1.807, 2.05) is 0 Å². The van der Waals surface area contributed by atoms with Crippen molar-refractivity contribution in [3.8, 4) is 5.75 Å². The monoisotopic (exact) mass is 331 g/mol. The van der Waals surface area contributed by atoms with Gasteiger partial charge in [0.25, 0.3) is 0 Å². The number of esters is 1. The number of hydrogen-bond donors (Lipinski definition) is 0. The van der Waals surface area contributed by atoms with Gasteiger partial charge in [0.2, 0.25) is 5.82 Å². The van der Waals surface area contributed by atoms with Crippen LogP contribution in [0.25, 0.3) is 0 Å². The van der Waals surface area contributed by atoms with Gasteiger partial charge in [-0.1, -0.05) is 6.92 Å². The van der Waals surface area contributed by atoms with Gasteiger partial charge < -0.3 is 9.47 Å². The number of rotatable bonds is 6. The Hall–Kier alpha value is -2.25. The van der Waals surface area contributed by atoms with Crippen LogP contribution in [0.5, 0.6) is 5.75 Å². The topological polar surface area (TPSA) is 78.7 Å². The van der Waals surface area contributed by atoms with E-state index < -0.39 is 39.6 Å². The summed E-state index contributed by atoms with van der Waals surface area (Å²) in [6, 6.07) is 1.48. The van der Waals surface area contributed by atoms with Crippen LogP contribution in [-0.2, 0) is 9.53 Å². The molecule has 1 aromatic carbocycles. The van der Waals surface area contributed by atoms with Crippen molar-refractivity contribution in [3.05, 3.63) is 33.9 Å². The van der Waals surface area contributed by atoms with Gasteiger partial charge in [-0.15, -0.1) is 0 Å². The number of halogens is 2. The smallest absolute Gasteiger partial charge is 0.308 e. The first kappa shape index (κ1) is 18.8. The highest BCUT2D eigenvalue weighted by Gasteiger charge is 2.24. The maximum atomic E-state index is 13.8. The van der Waals surface area contributed by atoms with Gasteiger partial charge in [0.15, 0.2) is 11.6 Å². The molecular formula is C15H19F2NO5. The standard InChI is InChI=1S/C15H19F2NO5/c1-9(7-12(19)23-15(2,3)4)8-22-14-10(16)5-6-11(13(14)17)18(20)21/h5-6,9H,7-8H2,1-4H3/t9-/m0/s1. The summed E-state index contributed by atoms with van der Waals surface area (Å²) in [5, 5.41) is 10.6. The lowest BCUT2D eigenvalue weighted by Gasteiger charge is -2.21. The number of ether oxygens (including phenoxy) is 2. The van der Waals surface area contributed by atoms with Crippen molar-refractivity contribution in [3.63, 3.8) is 0 Å². The Balaban J connectivity index is 2.70. The van der Waals surface area contributed by atoms with E-state index in [-0.39, 0.29) is 18.9 Å². The Morgan fingerprint density at radius 1 is 1.35 bits per heavy atom. The molecule has 0 aromatic heterocycles. The van der Waals surface area contributed by atoms with Crippen molar-refractivity contribution in [2.45, 2.75) is 39.7 Å². The van der Waals surface area contributed by atoms with Gasteiger partial charge in [-0.2, -0.15) is 4.39 Å². The number of carbonyl (C=O) groups excluding carboxylic acids is 1. The van der Waals surface area contributed by atoms with Crippen molar-refractivity contribution in [2.75, 3.05) is 6.61 Å². The number of nitrogens with zero attached hydrogens (tertiary/aromatic N) is 1. The lowest BCUT2D eigenvalue weighted by Crippen LogP contribution is -2.26. The number of carbonyl (C=O) groups is 1. The molecule has 0 heterocycles.